The Morgan fingerprint density at radius 1 is 1.69 bits per heavy atom. The molecule has 0 radical (unpaired) electrons. The Morgan fingerprint density at radius 3 is 2.69 bits per heavy atom. The SMILES string of the molecule is CSC(CO)C(C)NC(=O)CCCl. The molecule has 0 heterocycles. The molecule has 78 valence electrons. The van der Waals surface area contributed by atoms with Crippen molar-refractivity contribution in [3.8, 4) is 0 Å². The first-order chi connectivity index (χ1) is 6.15. The molecule has 0 aromatic carbocycles. The van der Waals surface area contributed by atoms with Crippen LogP contribution in [-0.2, 0) is 4.79 Å². The quantitative estimate of drug-likeness (QED) is 0.659. The lowest BCUT2D eigenvalue weighted by molar-refractivity contribution is -0.121. The maximum Gasteiger partial charge on any atom is 0.221 e. The maximum atomic E-state index is 11.1. The van der Waals surface area contributed by atoms with Crippen LogP contribution in [-0.4, -0.2) is 41.0 Å². The normalized spacial score (nSPS) is 15.1. The summed E-state index contributed by atoms with van der Waals surface area (Å²) in [6, 6.07) is -0.0179. The number of halogens is 1. The lowest BCUT2D eigenvalue weighted by atomic mass is 10.2. The average Bonchev–Trinajstić information content (AvgIpc) is 2.06. The molecule has 2 atom stereocenters. The Kier molecular flexibility index (Phi) is 7.51. The fraction of sp³-hybridized carbons (Fsp3) is 0.875. The van der Waals surface area contributed by atoms with Crippen LogP contribution in [0.3, 0.4) is 0 Å². The highest BCUT2D eigenvalue weighted by Crippen LogP contribution is 2.10. The number of hydrogen-bond acceptors (Lipinski definition) is 3. The Bertz CT molecular complexity index is 153. The van der Waals surface area contributed by atoms with Crippen LogP contribution in [0.4, 0.5) is 0 Å². The predicted octanol–water partition coefficient (Wildman–Crippen LogP) is 0.844. The summed E-state index contributed by atoms with van der Waals surface area (Å²) in [5.74, 6) is 0.275. The van der Waals surface area contributed by atoms with E-state index < -0.39 is 0 Å². The van der Waals surface area contributed by atoms with Crippen molar-refractivity contribution in [3.05, 3.63) is 0 Å². The summed E-state index contributed by atoms with van der Waals surface area (Å²) < 4.78 is 0. The van der Waals surface area contributed by atoms with Crippen LogP contribution in [0.5, 0.6) is 0 Å². The highest BCUT2D eigenvalue weighted by molar-refractivity contribution is 7.99. The van der Waals surface area contributed by atoms with Gasteiger partial charge in [0.2, 0.25) is 5.91 Å². The van der Waals surface area contributed by atoms with Gasteiger partial charge in [0.25, 0.3) is 0 Å². The van der Waals surface area contributed by atoms with Crippen LogP contribution in [0.2, 0.25) is 0 Å². The zero-order chi connectivity index (χ0) is 10.3. The lowest BCUT2D eigenvalue weighted by Gasteiger charge is -2.20. The third-order valence-corrected chi connectivity index (χ3v) is 3.10. The average molecular weight is 226 g/mol. The molecule has 13 heavy (non-hydrogen) atoms. The summed E-state index contributed by atoms with van der Waals surface area (Å²) in [6.45, 7) is 1.95. The van der Waals surface area contributed by atoms with E-state index in [2.05, 4.69) is 5.32 Å². The lowest BCUT2D eigenvalue weighted by Crippen LogP contribution is -2.41. The molecule has 0 aliphatic rings. The summed E-state index contributed by atoms with van der Waals surface area (Å²) in [5.41, 5.74) is 0. The van der Waals surface area contributed by atoms with Crippen molar-refractivity contribution in [1.82, 2.24) is 5.32 Å². The number of thioether (sulfide) groups is 1. The summed E-state index contributed by atoms with van der Waals surface area (Å²) >= 11 is 6.95. The summed E-state index contributed by atoms with van der Waals surface area (Å²) in [7, 11) is 0. The van der Waals surface area contributed by atoms with Gasteiger partial charge in [-0.15, -0.1) is 11.6 Å². The Balaban J connectivity index is 3.82. The smallest absolute Gasteiger partial charge is 0.221 e. The van der Waals surface area contributed by atoms with E-state index in [4.69, 9.17) is 16.7 Å². The molecule has 0 rings (SSSR count). The van der Waals surface area contributed by atoms with Crippen molar-refractivity contribution in [3.63, 3.8) is 0 Å². The van der Waals surface area contributed by atoms with Crippen molar-refractivity contribution in [2.75, 3.05) is 18.7 Å². The molecule has 0 spiro atoms. The van der Waals surface area contributed by atoms with Crippen LogP contribution >= 0.6 is 23.4 Å². The van der Waals surface area contributed by atoms with Crippen molar-refractivity contribution in [1.29, 1.82) is 0 Å². The molecule has 5 heteroatoms. The fourth-order valence-corrected chi connectivity index (χ4v) is 1.74. The molecule has 0 fully saturated rings. The highest BCUT2D eigenvalue weighted by Gasteiger charge is 2.16. The minimum Gasteiger partial charge on any atom is -0.395 e. The van der Waals surface area contributed by atoms with Crippen LogP contribution in [0.25, 0.3) is 0 Å². The molecule has 0 aromatic heterocycles. The van der Waals surface area contributed by atoms with E-state index in [1.165, 1.54) is 0 Å². The molecule has 2 N–H and O–H groups in total. The number of alkyl halides is 1. The fourth-order valence-electron chi connectivity index (χ4n) is 0.942. The van der Waals surface area contributed by atoms with E-state index in [1.807, 2.05) is 13.2 Å². The van der Waals surface area contributed by atoms with Gasteiger partial charge in [0.05, 0.1) is 6.61 Å². The van der Waals surface area contributed by atoms with Crippen molar-refractivity contribution < 1.29 is 9.90 Å². The summed E-state index contributed by atoms with van der Waals surface area (Å²) in [5, 5.41) is 11.8. The van der Waals surface area contributed by atoms with Crippen LogP contribution in [0.15, 0.2) is 0 Å². The second-order valence-electron chi connectivity index (χ2n) is 2.75. The minimum absolute atomic E-state index is 0.0179. The minimum atomic E-state index is -0.0602. The van der Waals surface area contributed by atoms with Gasteiger partial charge in [-0.05, 0) is 13.2 Å². The van der Waals surface area contributed by atoms with Crippen LogP contribution < -0.4 is 5.32 Å². The van der Waals surface area contributed by atoms with Gasteiger partial charge in [-0.3, -0.25) is 4.79 Å². The number of amides is 1. The first kappa shape index (κ1) is 13.1. The van der Waals surface area contributed by atoms with Gasteiger partial charge in [-0.1, -0.05) is 0 Å². The van der Waals surface area contributed by atoms with E-state index in [1.54, 1.807) is 11.8 Å². The molecule has 0 bridgehead atoms. The maximum absolute atomic E-state index is 11.1. The van der Waals surface area contributed by atoms with Gasteiger partial charge >= 0.3 is 0 Å². The Morgan fingerprint density at radius 2 is 2.31 bits per heavy atom. The molecule has 0 aromatic rings. The van der Waals surface area contributed by atoms with Crippen molar-refractivity contribution in [2.24, 2.45) is 0 Å². The van der Waals surface area contributed by atoms with Crippen molar-refractivity contribution in [2.45, 2.75) is 24.6 Å². The van der Waals surface area contributed by atoms with E-state index in [0.29, 0.717) is 12.3 Å². The largest absolute Gasteiger partial charge is 0.395 e. The summed E-state index contributed by atoms with van der Waals surface area (Å²) in [6.07, 6.45) is 2.24. The van der Waals surface area contributed by atoms with Gasteiger partial charge in [-0.25, -0.2) is 0 Å². The zero-order valence-electron chi connectivity index (χ0n) is 7.92. The van der Waals surface area contributed by atoms with Gasteiger partial charge < -0.3 is 10.4 Å². The molecular formula is C8H16ClNO2S. The second-order valence-corrected chi connectivity index (χ2v) is 4.21. The van der Waals surface area contributed by atoms with E-state index >= 15 is 0 Å². The Hall–Kier alpha value is 0.0700. The number of aliphatic hydroxyl groups is 1. The molecule has 0 aliphatic carbocycles. The first-order valence-corrected chi connectivity index (χ1v) is 5.97. The number of hydrogen-bond donors (Lipinski definition) is 2. The Labute approximate surface area is 88.2 Å². The van der Waals surface area contributed by atoms with Crippen LogP contribution in [0.1, 0.15) is 13.3 Å². The predicted molar refractivity (Wildman–Crippen MR) is 57.3 cm³/mol. The van der Waals surface area contributed by atoms with Gasteiger partial charge in [0.15, 0.2) is 0 Å². The number of rotatable bonds is 6. The second kappa shape index (κ2) is 7.47. The standard InChI is InChI=1S/C8H16ClNO2S/c1-6(7(5-11)13-2)10-8(12)3-4-9/h6-7,11H,3-5H2,1-2H3,(H,10,12). The van der Waals surface area contributed by atoms with E-state index in [0.717, 1.165) is 0 Å². The zero-order valence-corrected chi connectivity index (χ0v) is 9.49. The highest BCUT2D eigenvalue weighted by atomic mass is 35.5. The topological polar surface area (TPSA) is 49.3 Å². The summed E-state index contributed by atoms with van der Waals surface area (Å²) in [4.78, 5) is 11.1. The van der Waals surface area contributed by atoms with Gasteiger partial charge in [0, 0.05) is 23.6 Å². The molecular weight excluding hydrogens is 210 g/mol. The molecule has 1 amide bonds. The number of carbonyl (C=O) groups is 1. The molecule has 3 nitrogen and oxygen atoms in total. The van der Waals surface area contributed by atoms with Crippen LogP contribution in [0, 0.1) is 0 Å². The van der Waals surface area contributed by atoms with E-state index in [9.17, 15) is 4.79 Å². The first-order valence-electron chi connectivity index (χ1n) is 4.14. The number of aliphatic hydroxyl groups excluding tert-OH is 1. The number of carbonyl (C=O) groups excluding carboxylic acids is 1. The van der Waals surface area contributed by atoms with Crippen molar-refractivity contribution >= 4 is 29.3 Å². The monoisotopic (exact) mass is 225 g/mol. The number of nitrogens with one attached hydrogen (secondary N) is 1. The molecule has 0 saturated carbocycles. The van der Waals surface area contributed by atoms with Gasteiger partial charge in [0.1, 0.15) is 0 Å². The third-order valence-electron chi connectivity index (χ3n) is 1.75. The molecule has 2 unspecified atom stereocenters. The third kappa shape index (κ3) is 5.39. The molecule has 0 aliphatic heterocycles. The van der Waals surface area contributed by atoms with Gasteiger partial charge in [-0.2, -0.15) is 11.8 Å². The van der Waals surface area contributed by atoms with E-state index in [-0.39, 0.29) is 23.8 Å². The molecule has 0 saturated heterocycles.